The van der Waals surface area contributed by atoms with E-state index in [4.69, 9.17) is 15.2 Å². The summed E-state index contributed by atoms with van der Waals surface area (Å²) in [6.07, 6.45) is 3.97. The first-order chi connectivity index (χ1) is 12.6. The van der Waals surface area contributed by atoms with E-state index in [0.717, 1.165) is 75.5 Å². The summed E-state index contributed by atoms with van der Waals surface area (Å²) in [5.74, 6) is 2.14. The molecule has 1 heterocycles. The topological polar surface area (TPSA) is 68.0 Å². The number of halogens is 2. The smallest absolute Gasteiger partial charge is 0.225 e. The van der Waals surface area contributed by atoms with Gasteiger partial charge in [-0.1, -0.05) is 6.42 Å². The van der Waals surface area contributed by atoms with Crippen molar-refractivity contribution >= 4 is 30.7 Å². The molecule has 0 spiro atoms. The quantitative estimate of drug-likeness (QED) is 0.772. The van der Waals surface area contributed by atoms with E-state index in [9.17, 15) is 4.79 Å². The molecule has 2 atom stereocenters. The Hall–Kier alpha value is -1.21. The SMILES string of the molecule is COc1ccc(OC)c(CN2CCN(C(=O)C3CCCC(N)C3)CC2)c1.Cl.Cl. The number of rotatable bonds is 5. The summed E-state index contributed by atoms with van der Waals surface area (Å²) in [7, 11) is 3.37. The number of amides is 1. The average molecular weight is 434 g/mol. The van der Waals surface area contributed by atoms with Gasteiger partial charge in [-0.25, -0.2) is 0 Å². The molecule has 2 N–H and O–H groups in total. The Bertz CT molecular complexity index is 625. The number of hydrogen-bond acceptors (Lipinski definition) is 5. The molecule has 0 radical (unpaired) electrons. The van der Waals surface area contributed by atoms with Crippen molar-refractivity contribution < 1.29 is 14.3 Å². The first-order valence-electron chi connectivity index (χ1n) is 9.58. The molecule has 28 heavy (non-hydrogen) atoms. The van der Waals surface area contributed by atoms with Crippen molar-refractivity contribution in [1.82, 2.24) is 9.80 Å². The van der Waals surface area contributed by atoms with Gasteiger partial charge in [0.05, 0.1) is 14.2 Å². The molecule has 1 saturated heterocycles. The predicted octanol–water partition coefficient (Wildman–Crippen LogP) is 2.71. The van der Waals surface area contributed by atoms with Crippen LogP contribution in [0.1, 0.15) is 31.2 Å². The number of benzene rings is 1. The van der Waals surface area contributed by atoms with E-state index in [0.29, 0.717) is 5.91 Å². The van der Waals surface area contributed by atoms with Gasteiger partial charge in [-0.15, -0.1) is 24.8 Å². The Labute approximate surface area is 180 Å². The minimum Gasteiger partial charge on any atom is -0.497 e. The van der Waals surface area contributed by atoms with E-state index in [2.05, 4.69) is 4.90 Å². The van der Waals surface area contributed by atoms with Gasteiger partial charge in [0.2, 0.25) is 5.91 Å². The average Bonchev–Trinajstić information content (AvgIpc) is 2.68. The van der Waals surface area contributed by atoms with Gasteiger partial charge in [-0.3, -0.25) is 9.69 Å². The Kier molecular flexibility index (Phi) is 10.4. The molecule has 160 valence electrons. The number of nitrogens with two attached hydrogens (primary N) is 1. The van der Waals surface area contributed by atoms with Crippen LogP contribution in [0.2, 0.25) is 0 Å². The molecule has 1 aliphatic carbocycles. The van der Waals surface area contributed by atoms with Gasteiger partial charge in [0, 0.05) is 50.2 Å². The highest BCUT2D eigenvalue weighted by Crippen LogP contribution is 2.27. The van der Waals surface area contributed by atoms with Crippen LogP contribution >= 0.6 is 24.8 Å². The largest absolute Gasteiger partial charge is 0.497 e. The molecule has 0 bridgehead atoms. The molecular weight excluding hydrogens is 401 g/mol. The van der Waals surface area contributed by atoms with Crippen LogP contribution in [0.3, 0.4) is 0 Å². The van der Waals surface area contributed by atoms with Gasteiger partial charge in [0.15, 0.2) is 0 Å². The van der Waals surface area contributed by atoms with Crippen molar-refractivity contribution in [3.05, 3.63) is 23.8 Å². The lowest BCUT2D eigenvalue weighted by Crippen LogP contribution is -2.51. The fourth-order valence-electron chi connectivity index (χ4n) is 4.08. The van der Waals surface area contributed by atoms with Gasteiger partial charge in [0.25, 0.3) is 0 Å². The van der Waals surface area contributed by atoms with Gasteiger partial charge >= 0.3 is 0 Å². The second-order valence-corrected chi connectivity index (χ2v) is 7.40. The summed E-state index contributed by atoms with van der Waals surface area (Å²) >= 11 is 0. The maximum Gasteiger partial charge on any atom is 0.225 e. The van der Waals surface area contributed by atoms with Crippen molar-refractivity contribution in [2.24, 2.45) is 11.7 Å². The van der Waals surface area contributed by atoms with E-state index in [1.165, 1.54) is 0 Å². The highest BCUT2D eigenvalue weighted by atomic mass is 35.5. The van der Waals surface area contributed by atoms with Gasteiger partial charge in [-0.05, 0) is 37.5 Å². The third-order valence-corrected chi connectivity index (χ3v) is 5.63. The number of carbonyl (C=O) groups excluding carboxylic acids is 1. The lowest BCUT2D eigenvalue weighted by Gasteiger charge is -2.38. The Morgan fingerprint density at radius 2 is 1.82 bits per heavy atom. The zero-order valence-electron chi connectivity index (χ0n) is 16.8. The number of methoxy groups -OCH3 is 2. The Balaban J connectivity index is 0.00000196. The van der Waals surface area contributed by atoms with Crippen LogP contribution in [-0.4, -0.2) is 62.1 Å². The van der Waals surface area contributed by atoms with Crippen LogP contribution in [0, 0.1) is 5.92 Å². The van der Waals surface area contributed by atoms with E-state index in [-0.39, 0.29) is 36.8 Å². The normalized spacial score (nSPS) is 22.6. The summed E-state index contributed by atoms with van der Waals surface area (Å²) in [6, 6.07) is 6.08. The number of piperazine rings is 1. The van der Waals surface area contributed by atoms with Gasteiger partial charge < -0.3 is 20.1 Å². The molecule has 2 fully saturated rings. The predicted molar refractivity (Wildman–Crippen MR) is 116 cm³/mol. The van der Waals surface area contributed by atoms with Crippen LogP contribution < -0.4 is 15.2 Å². The first kappa shape index (κ1) is 24.8. The Morgan fingerprint density at radius 1 is 1.11 bits per heavy atom. The summed E-state index contributed by atoms with van der Waals surface area (Å²) in [5.41, 5.74) is 7.17. The van der Waals surface area contributed by atoms with E-state index < -0.39 is 0 Å². The fourth-order valence-corrected chi connectivity index (χ4v) is 4.08. The minimum absolute atomic E-state index is 0. The maximum absolute atomic E-state index is 12.8. The summed E-state index contributed by atoms with van der Waals surface area (Å²) in [6.45, 7) is 4.14. The lowest BCUT2D eigenvalue weighted by molar-refractivity contribution is -0.138. The maximum atomic E-state index is 12.8. The molecule has 0 aromatic heterocycles. The fraction of sp³-hybridized carbons (Fsp3) is 0.650. The number of hydrogen-bond donors (Lipinski definition) is 1. The molecule has 1 saturated carbocycles. The minimum atomic E-state index is 0. The molecule has 6 nitrogen and oxygen atoms in total. The molecule has 1 aromatic carbocycles. The van der Waals surface area contributed by atoms with Crippen LogP contribution in [0.15, 0.2) is 18.2 Å². The zero-order chi connectivity index (χ0) is 18.5. The molecule has 2 unspecified atom stereocenters. The molecule has 1 amide bonds. The second-order valence-electron chi connectivity index (χ2n) is 7.40. The van der Waals surface area contributed by atoms with Gasteiger partial charge in [0.1, 0.15) is 11.5 Å². The van der Waals surface area contributed by atoms with Crippen molar-refractivity contribution in [2.75, 3.05) is 40.4 Å². The number of ether oxygens (including phenoxy) is 2. The van der Waals surface area contributed by atoms with Gasteiger partial charge in [-0.2, -0.15) is 0 Å². The van der Waals surface area contributed by atoms with Crippen LogP contribution in [0.4, 0.5) is 0 Å². The monoisotopic (exact) mass is 433 g/mol. The van der Waals surface area contributed by atoms with Crippen LogP contribution in [0.5, 0.6) is 11.5 Å². The highest BCUT2D eigenvalue weighted by molar-refractivity contribution is 5.85. The van der Waals surface area contributed by atoms with Crippen molar-refractivity contribution in [2.45, 2.75) is 38.3 Å². The molecule has 8 heteroatoms. The third-order valence-electron chi connectivity index (χ3n) is 5.63. The third kappa shape index (κ3) is 6.14. The van der Waals surface area contributed by atoms with Crippen molar-refractivity contribution in [3.63, 3.8) is 0 Å². The van der Waals surface area contributed by atoms with E-state index in [1.807, 2.05) is 23.1 Å². The summed E-state index contributed by atoms with van der Waals surface area (Å²) in [5, 5.41) is 0. The zero-order valence-corrected chi connectivity index (χ0v) is 18.4. The second kappa shape index (κ2) is 11.7. The summed E-state index contributed by atoms with van der Waals surface area (Å²) < 4.78 is 10.8. The standard InChI is InChI=1S/C20H31N3O3.2ClH/c1-25-18-6-7-19(26-2)16(13-18)14-22-8-10-23(11-9-22)20(24)15-4-3-5-17(21)12-15;;/h6-7,13,15,17H,3-5,8-12,14,21H2,1-2H3;2*1H. The summed E-state index contributed by atoms with van der Waals surface area (Å²) in [4.78, 5) is 17.2. The molecule has 1 aliphatic heterocycles. The van der Waals surface area contributed by atoms with E-state index in [1.54, 1.807) is 14.2 Å². The number of nitrogens with zero attached hydrogens (tertiary/aromatic N) is 2. The van der Waals surface area contributed by atoms with Crippen LogP contribution in [-0.2, 0) is 11.3 Å². The van der Waals surface area contributed by atoms with Crippen LogP contribution in [0.25, 0.3) is 0 Å². The first-order valence-corrected chi connectivity index (χ1v) is 9.58. The number of carbonyl (C=O) groups is 1. The molecule has 1 aromatic rings. The van der Waals surface area contributed by atoms with Crippen molar-refractivity contribution in [3.8, 4) is 11.5 Å². The Morgan fingerprint density at radius 3 is 2.43 bits per heavy atom. The lowest BCUT2D eigenvalue weighted by atomic mass is 9.85. The molecule has 2 aliphatic rings. The van der Waals surface area contributed by atoms with Crippen molar-refractivity contribution in [1.29, 1.82) is 0 Å². The highest BCUT2D eigenvalue weighted by Gasteiger charge is 2.30. The molecule has 3 rings (SSSR count). The van der Waals surface area contributed by atoms with E-state index >= 15 is 0 Å². The molecular formula is C20H33Cl2N3O3.